The topological polar surface area (TPSA) is 68.8 Å². The van der Waals surface area contributed by atoms with Gasteiger partial charge in [0.15, 0.2) is 17.9 Å². The lowest BCUT2D eigenvalue weighted by Crippen LogP contribution is -2.33. The number of hydrogen-bond donors (Lipinski definition) is 2. The standard InChI is InChI=1S/C15H20F2N2O4/c1-21-13-9-11(17)10(16)8-12(13)19-15(20)18-5-7-23-14-4-2-3-6-22-14/h8-9,14H,2-7H2,1H3,(H2,18,19,20). The lowest BCUT2D eigenvalue weighted by Gasteiger charge is -2.22. The highest BCUT2D eigenvalue weighted by Crippen LogP contribution is 2.26. The molecule has 0 aromatic heterocycles. The number of ether oxygens (including phenoxy) is 3. The van der Waals surface area contributed by atoms with Crippen LogP contribution < -0.4 is 15.4 Å². The van der Waals surface area contributed by atoms with Gasteiger partial charge in [-0.1, -0.05) is 0 Å². The molecule has 0 bridgehead atoms. The fourth-order valence-electron chi connectivity index (χ4n) is 2.16. The van der Waals surface area contributed by atoms with Gasteiger partial charge in [-0.05, 0) is 19.3 Å². The van der Waals surface area contributed by atoms with Gasteiger partial charge in [-0.25, -0.2) is 13.6 Å². The summed E-state index contributed by atoms with van der Waals surface area (Å²) in [5.41, 5.74) is 0.0421. The van der Waals surface area contributed by atoms with Crippen molar-refractivity contribution < 1.29 is 27.8 Å². The third kappa shape index (κ3) is 5.33. The van der Waals surface area contributed by atoms with Crippen LogP contribution in [0.3, 0.4) is 0 Å². The van der Waals surface area contributed by atoms with E-state index in [9.17, 15) is 13.6 Å². The molecule has 1 aliphatic rings. The molecule has 1 aromatic rings. The van der Waals surface area contributed by atoms with E-state index >= 15 is 0 Å². The molecule has 0 spiro atoms. The molecule has 8 heteroatoms. The second-order valence-electron chi connectivity index (χ2n) is 5.01. The van der Waals surface area contributed by atoms with Gasteiger partial charge in [0.2, 0.25) is 0 Å². The van der Waals surface area contributed by atoms with Crippen LogP contribution in [0.4, 0.5) is 19.3 Å². The molecule has 1 atom stereocenters. The first-order chi connectivity index (χ1) is 11.1. The SMILES string of the molecule is COc1cc(F)c(F)cc1NC(=O)NCCOC1CCCCO1. The molecule has 23 heavy (non-hydrogen) atoms. The van der Waals surface area contributed by atoms with Gasteiger partial charge in [-0.15, -0.1) is 0 Å². The summed E-state index contributed by atoms with van der Waals surface area (Å²) in [5.74, 6) is -2.08. The number of rotatable bonds is 6. The number of halogens is 2. The highest BCUT2D eigenvalue weighted by molar-refractivity contribution is 5.90. The summed E-state index contributed by atoms with van der Waals surface area (Å²) >= 11 is 0. The summed E-state index contributed by atoms with van der Waals surface area (Å²) < 4.78 is 42.1. The van der Waals surface area contributed by atoms with Crippen molar-refractivity contribution in [3.8, 4) is 5.75 Å². The predicted octanol–water partition coefficient (Wildman–Crippen LogP) is 2.64. The number of hydrogen-bond acceptors (Lipinski definition) is 4. The Kier molecular flexibility index (Phi) is 6.54. The third-order valence-corrected chi connectivity index (χ3v) is 3.32. The average Bonchev–Trinajstić information content (AvgIpc) is 2.56. The van der Waals surface area contributed by atoms with Gasteiger partial charge in [0.1, 0.15) is 5.75 Å². The molecule has 1 saturated heterocycles. The van der Waals surface area contributed by atoms with E-state index in [0.717, 1.165) is 31.4 Å². The van der Waals surface area contributed by atoms with E-state index in [0.29, 0.717) is 13.2 Å². The Labute approximate surface area is 133 Å². The van der Waals surface area contributed by atoms with Gasteiger partial charge in [0, 0.05) is 25.3 Å². The first-order valence-corrected chi connectivity index (χ1v) is 7.41. The van der Waals surface area contributed by atoms with Gasteiger partial charge in [-0.3, -0.25) is 0 Å². The molecule has 2 amide bonds. The second kappa shape index (κ2) is 8.64. The van der Waals surface area contributed by atoms with E-state index in [1.54, 1.807) is 0 Å². The van der Waals surface area contributed by atoms with Crippen molar-refractivity contribution in [2.75, 3.05) is 32.2 Å². The molecular formula is C15H20F2N2O4. The van der Waals surface area contributed by atoms with Crippen LogP contribution in [0.1, 0.15) is 19.3 Å². The zero-order valence-corrected chi connectivity index (χ0v) is 12.9. The van der Waals surface area contributed by atoms with Crippen LogP contribution in [0.15, 0.2) is 12.1 Å². The molecule has 2 N–H and O–H groups in total. The van der Waals surface area contributed by atoms with Crippen molar-refractivity contribution in [3.05, 3.63) is 23.8 Å². The van der Waals surface area contributed by atoms with Crippen LogP contribution in [-0.4, -0.2) is 39.2 Å². The maximum atomic E-state index is 13.2. The Morgan fingerprint density at radius 3 is 2.83 bits per heavy atom. The van der Waals surface area contributed by atoms with Gasteiger partial charge in [0.05, 0.1) is 19.4 Å². The van der Waals surface area contributed by atoms with E-state index in [4.69, 9.17) is 14.2 Å². The number of carbonyl (C=O) groups is 1. The second-order valence-corrected chi connectivity index (χ2v) is 5.01. The highest BCUT2D eigenvalue weighted by atomic mass is 19.2. The lowest BCUT2D eigenvalue weighted by molar-refractivity contribution is -0.160. The maximum absolute atomic E-state index is 13.2. The van der Waals surface area contributed by atoms with Crippen LogP contribution in [0.5, 0.6) is 5.75 Å². The molecule has 0 saturated carbocycles. The number of carbonyl (C=O) groups excluding carboxylic acids is 1. The van der Waals surface area contributed by atoms with Crippen molar-refractivity contribution >= 4 is 11.7 Å². The predicted molar refractivity (Wildman–Crippen MR) is 79.5 cm³/mol. The molecule has 1 aromatic carbocycles. The van der Waals surface area contributed by atoms with Crippen molar-refractivity contribution in [1.82, 2.24) is 5.32 Å². The summed E-state index contributed by atoms with van der Waals surface area (Å²) in [4.78, 5) is 11.7. The third-order valence-electron chi connectivity index (χ3n) is 3.32. The Hall–Kier alpha value is -1.93. The van der Waals surface area contributed by atoms with Gasteiger partial charge in [0.25, 0.3) is 0 Å². The molecule has 1 unspecified atom stereocenters. The van der Waals surface area contributed by atoms with Crippen molar-refractivity contribution in [3.63, 3.8) is 0 Å². The molecule has 1 aliphatic heterocycles. The van der Waals surface area contributed by atoms with E-state index in [1.165, 1.54) is 7.11 Å². The van der Waals surface area contributed by atoms with Crippen LogP contribution in [-0.2, 0) is 9.47 Å². The summed E-state index contributed by atoms with van der Waals surface area (Å²) in [6.45, 7) is 1.25. The fourth-order valence-corrected chi connectivity index (χ4v) is 2.16. The molecule has 2 rings (SSSR count). The highest BCUT2D eigenvalue weighted by Gasteiger charge is 2.15. The number of urea groups is 1. The van der Waals surface area contributed by atoms with Crippen molar-refractivity contribution in [1.29, 1.82) is 0 Å². The zero-order chi connectivity index (χ0) is 16.7. The number of methoxy groups -OCH3 is 1. The van der Waals surface area contributed by atoms with Gasteiger partial charge >= 0.3 is 6.03 Å². The van der Waals surface area contributed by atoms with E-state index in [1.807, 2.05) is 0 Å². The smallest absolute Gasteiger partial charge is 0.319 e. The normalized spacial score (nSPS) is 17.6. The van der Waals surface area contributed by atoms with Crippen LogP contribution in [0.2, 0.25) is 0 Å². The number of anilines is 1. The first-order valence-electron chi connectivity index (χ1n) is 7.41. The Balaban J connectivity index is 1.75. The summed E-state index contributed by atoms with van der Waals surface area (Å²) in [6.07, 6.45) is 2.73. The minimum Gasteiger partial charge on any atom is -0.494 e. The van der Waals surface area contributed by atoms with Gasteiger partial charge < -0.3 is 24.8 Å². The average molecular weight is 330 g/mol. The number of amides is 2. The van der Waals surface area contributed by atoms with E-state index in [2.05, 4.69) is 10.6 Å². The Bertz CT molecular complexity index is 536. The van der Waals surface area contributed by atoms with Crippen molar-refractivity contribution in [2.24, 2.45) is 0 Å². The largest absolute Gasteiger partial charge is 0.494 e. The molecule has 1 fully saturated rings. The summed E-state index contributed by atoms with van der Waals surface area (Å²) in [5, 5.41) is 4.95. The molecule has 0 aliphatic carbocycles. The Morgan fingerprint density at radius 1 is 1.35 bits per heavy atom. The van der Waals surface area contributed by atoms with E-state index in [-0.39, 0.29) is 24.3 Å². The molecule has 6 nitrogen and oxygen atoms in total. The summed E-state index contributed by atoms with van der Waals surface area (Å²) in [6, 6.07) is 1.16. The lowest BCUT2D eigenvalue weighted by atomic mass is 10.2. The zero-order valence-electron chi connectivity index (χ0n) is 12.9. The van der Waals surface area contributed by atoms with Crippen molar-refractivity contribution in [2.45, 2.75) is 25.6 Å². The minimum atomic E-state index is -1.07. The minimum absolute atomic E-state index is 0.0332. The molecule has 1 heterocycles. The monoisotopic (exact) mass is 330 g/mol. The molecule has 0 radical (unpaired) electrons. The van der Waals surface area contributed by atoms with Gasteiger partial charge in [-0.2, -0.15) is 0 Å². The fraction of sp³-hybridized carbons (Fsp3) is 0.533. The number of nitrogens with one attached hydrogen (secondary N) is 2. The quantitative estimate of drug-likeness (QED) is 0.787. The maximum Gasteiger partial charge on any atom is 0.319 e. The first kappa shape index (κ1) is 17.4. The summed E-state index contributed by atoms with van der Waals surface area (Å²) in [7, 11) is 1.30. The van der Waals surface area contributed by atoms with E-state index < -0.39 is 17.7 Å². The molecular weight excluding hydrogens is 310 g/mol. The van der Waals surface area contributed by atoms with Crippen LogP contribution in [0.25, 0.3) is 0 Å². The molecule has 128 valence electrons. The van der Waals surface area contributed by atoms with Crippen LogP contribution >= 0.6 is 0 Å². The van der Waals surface area contributed by atoms with Crippen LogP contribution in [0, 0.1) is 11.6 Å². The Morgan fingerprint density at radius 2 is 2.13 bits per heavy atom. The number of benzene rings is 1.